The lowest BCUT2D eigenvalue weighted by Gasteiger charge is -2.30. The van der Waals surface area contributed by atoms with E-state index in [-0.39, 0.29) is 12.1 Å². The van der Waals surface area contributed by atoms with Crippen LogP contribution in [0.1, 0.15) is 60.8 Å². The second-order valence-corrected chi connectivity index (χ2v) is 6.22. The van der Waals surface area contributed by atoms with Crippen molar-refractivity contribution in [1.82, 2.24) is 10.2 Å². The van der Waals surface area contributed by atoms with Crippen molar-refractivity contribution in [3.63, 3.8) is 0 Å². The maximum atomic E-state index is 12.0. The predicted molar refractivity (Wildman–Crippen MR) is 80.5 cm³/mol. The van der Waals surface area contributed by atoms with Crippen LogP contribution in [0.5, 0.6) is 0 Å². The van der Waals surface area contributed by atoms with Crippen molar-refractivity contribution in [3.05, 3.63) is 0 Å². The fourth-order valence-electron chi connectivity index (χ4n) is 1.71. The standard InChI is InChI=1S/C15H32N2O2/c1-7-8-9-10-16-11-12-17(13(2)3)14(18)19-15(4,5)6/h13,16H,7-12H2,1-6H3. The van der Waals surface area contributed by atoms with E-state index in [1.807, 2.05) is 34.6 Å². The summed E-state index contributed by atoms with van der Waals surface area (Å²) < 4.78 is 5.42. The van der Waals surface area contributed by atoms with E-state index >= 15 is 0 Å². The highest BCUT2D eigenvalue weighted by Gasteiger charge is 2.23. The third kappa shape index (κ3) is 9.77. The van der Waals surface area contributed by atoms with E-state index in [1.54, 1.807) is 4.90 Å². The molecule has 0 atom stereocenters. The molecule has 0 saturated carbocycles. The summed E-state index contributed by atoms with van der Waals surface area (Å²) in [4.78, 5) is 13.8. The first kappa shape index (κ1) is 18.2. The second kappa shape index (κ2) is 9.18. The van der Waals surface area contributed by atoms with Crippen LogP contribution in [0.3, 0.4) is 0 Å². The molecular weight excluding hydrogens is 240 g/mol. The third-order valence-electron chi connectivity index (χ3n) is 2.74. The molecule has 0 bridgehead atoms. The second-order valence-electron chi connectivity index (χ2n) is 6.22. The van der Waals surface area contributed by atoms with Crippen LogP contribution in [0, 0.1) is 0 Å². The zero-order chi connectivity index (χ0) is 14.9. The van der Waals surface area contributed by atoms with Gasteiger partial charge in [0.1, 0.15) is 5.60 Å². The van der Waals surface area contributed by atoms with Gasteiger partial charge in [0, 0.05) is 19.1 Å². The van der Waals surface area contributed by atoms with Crippen molar-refractivity contribution >= 4 is 6.09 Å². The first-order valence-electron chi connectivity index (χ1n) is 7.48. The molecule has 0 rings (SSSR count). The van der Waals surface area contributed by atoms with Gasteiger partial charge >= 0.3 is 6.09 Å². The number of hydrogen-bond donors (Lipinski definition) is 1. The highest BCUT2D eigenvalue weighted by molar-refractivity contribution is 5.68. The van der Waals surface area contributed by atoms with Crippen LogP contribution < -0.4 is 5.32 Å². The molecule has 0 heterocycles. The topological polar surface area (TPSA) is 41.6 Å². The van der Waals surface area contributed by atoms with Gasteiger partial charge in [0.15, 0.2) is 0 Å². The molecule has 0 aromatic rings. The molecule has 0 aromatic carbocycles. The Hall–Kier alpha value is -0.770. The molecule has 0 aliphatic heterocycles. The molecule has 4 heteroatoms. The molecule has 0 aliphatic carbocycles. The molecule has 0 spiro atoms. The van der Waals surface area contributed by atoms with Crippen molar-refractivity contribution in [2.45, 2.75) is 72.4 Å². The average Bonchev–Trinajstić information content (AvgIpc) is 2.24. The maximum Gasteiger partial charge on any atom is 0.410 e. The van der Waals surface area contributed by atoms with Gasteiger partial charge < -0.3 is 15.0 Å². The molecule has 1 N–H and O–H groups in total. The predicted octanol–water partition coefficient (Wildman–Crippen LogP) is 3.41. The van der Waals surface area contributed by atoms with Crippen molar-refractivity contribution in [3.8, 4) is 0 Å². The number of rotatable bonds is 8. The van der Waals surface area contributed by atoms with Crippen molar-refractivity contribution in [2.24, 2.45) is 0 Å². The third-order valence-corrected chi connectivity index (χ3v) is 2.74. The Morgan fingerprint density at radius 2 is 1.84 bits per heavy atom. The van der Waals surface area contributed by atoms with E-state index < -0.39 is 5.60 Å². The fraction of sp³-hybridized carbons (Fsp3) is 0.933. The summed E-state index contributed by atoms with van der Waals surface area (Å²) in [5.41, 5.74) is -0.432. The summed E-state index contributed by atoms with van der Waals surface area (Å²) in [6, 6.07) is 0.160. The van der Waals surface area contributed by atoms with Crippen LogP contribution in [0.15, 0.2) is 0 Å². The van der Waals surface area contributed by atoms with Crippen LogP contribution >= 0.6 is 0 Å². The average molecular weight is 272 g/mol. The van der Waals surface area contributed by atoms with Gasteiger partial charge in [-0.15, -0.1) is 0 Å². The number of carbonyl (C=O) groups excluding carboxylic acids is 1. The summed E-state index contributed by atoms with van der Waals surface area (Å²) in [6.07, 6.45) is 3.47. The van der Waals surface area contributed by atoms with E-state index in [1.165, 1.54) is 19.3 Å². The van der Waals surface area contributed by atoms with Gasteiger partial charge in [-0.3, -0.25) is 0 Å². The van der Waals surface area contributed by atoms with E-state index in [4.69, 9.17) is 4.74 Å². The zero-order valence-corrected chi connectivity index (χ0v) is 13.6. The Bertz CT molecular complexity index is 247. The fourth-order valence-corrected chi connectivity index (χ4v) is 1.71. The largest absolute Gasteiger partial charge is 0.444 e. The first-order valence-corrected chi connectivity index (χ1v) is 7.48. The van der Waals surface area contributed by atoms with Crippen LogP contribution in [-0.2, 0) is 4.74 Å². The summed E-state index contributed by atoms with van der Waals surface area (Å²) >= 11 is 0. The minimum Gasteiger partial charge on any atom is -0.444 e. The van der Waals surface area contributed by atoms with Gasteiger partial charge in [-0.25, -0.2) is 4.79 Å². The number of hydrogen-bond acceptors (Lipinski definition) is 3. The highest BCUT2D eigenvalue weighted by atomic mass is 16.6. The number of nitrogens with one attached hydrogen (secondary N) is 1. The van der Waals surface area contributed by atoms with Gasteiger partial charge in [-0.05, 0) is 47.6 Å². The maximum absolute atomic E-state index is 12.0. The lowest BCUT2D eigenvalue weighted by Crippen LogP contribution is -2.44. The normalized spacial score (nSPS) is 11.7. The molecular formula is C15H32N2O2. The van der Waals surface area contributed by atoms with Gasteiger partial charge in [0.05, 0.1) is 0 Å². The zero-order valence-electron chi connectivity index (χ0n) is 13.6. The minimum atomic E-state index is -0.432. The van der Waals surface area contributed by atoms with Crippen molar-refractivity contribution in [2.75, 3.05) is 19.6 Å². The van der Waals surface area contributed by atoms with E-state index in [0.29, 0.717) is 6.54 Å². The Labute approximate surface area is 118 Å². The Morgan fingerprint density at radius 3 is 2.32 bits per heavy atom. The quantitative estimate of drug-likeness (QED) is 0.688. The van der Waals surface area contributed by atoms with Crippen molar-refractivity contribution in [1.29, 1.82) is 0 Å². The lowest BCUT2D eigenvalue weighted by atomic mass is 10.2. The number of amides is 1. The molecule has 0 aliphatic rings. The smallest absolute Gasteiger partial charge is 0.410 e. The highest BCUT2D eigenvalue weighted by Crippen LogP contribution is 2.11. The van der Waals surface area contributed by atoms with E-state index in [2.05, 4.69) is 12.2 Å². The van der Waals surface area contributed by atoms with Crippen LogP contribution in [0.2, 0.25) is 0 Å². The van der Waals surface area contributed by atoms with E-state index in [9.17, 15) is 4.79 Å². The number of nitrogens with zero attached hydrogens (tertiary/aromatic N) is 1. The lowest BCUT2D eigenvalue weighted by molar-refractivity contribution is 0.0194. The molecule has 0 saturated heterocycles. The Morgan fingerprint density at radius 1 is 1.21 bits per heavy atom. The molecule has 0 radical (unpaired) electrons. The van der Waals surface area contributed by atoms with Crippen LogP contribution in [-0.4, -0.2) is 42.3 Å². The number of carbonyl (C=O) groups is 1. The van der Waals surface area contributed by atoms with Gasteiger partial charge in [-0.1, -0.05) is 19.8 Å². The molecule has 0 unspecified atom stereocenters. The molecule has 1 amide bonds. The van der Waals surface area contributed by atoms with E-state index in [0.717, 1.165) is 13.1 Å². The molecule has 0 aromatic heterocycles. The summed E-state index contributed by atoms with van der Waals surface area (Å²) in [5.74, 6) is 0. The summed E-state index contributed by atoms with van der Waals surface area (Å²) in [5, 5.41) is 3.37. The summed E-state index contributed by atoms with van der Waals surface area (Å²) in [7, 11) is 0. The van der Waals surface area contributed by atoms with Crippen molar-refractivity contribution < 1.29 is 9.53 Å². The number of ether oxygens (including phenoxy) is 1. The monoisotopic (exact) mass is 272 g/mol. The van der Waals surface area contributed by atoms with Gasteiger partial charge in [-0.2, -0.15) is 0 Å². The Kier molecular flexibility index (Phi) is 8.81. The van der Waals surface area contributed by atoms with Gasteiger partial charge in [0.2, 0.25) is 0 Å². The SMILES string of the molecule is CCCCCNCCN(C(=O)OC(C)(C)C)C(C)C. The van der Waals surface area contributed by atoms with Crippen LogP contribution in [0.25, 0.3) is 0 Å². The minimum absolute atomic E-state index is 0.160. The summed E-state index contributed by atoms with van der Waals surface area (Å²) in [6.45, 7) is 14.4. The van der Waals surface area contributed by atoms with Crippen LogP contribution in [0.4, 0.5) is 4.79 Å². The molecule has 4 nitrogen and oxygen atoms in total. The molecule has 114 valence electrons. The molecule has 19 heavy (non-hydrogen) atoms. The Balaban J connectivity index is 4.02. The number of unbranched alkanes of at least 4 members (excludes halogenated alkanes) is 2. The van der Waals surface area contributed by atoms with Gasteiger partial charge in [0.25, 0.3) is 0 Å². The first-order chi connectivity index (χ1) is 8.78. The molecule has 0 fully saturated rings.